The lowest BCUT2D eigenvalue weighted by Gasteiger charge is -2.41. The van der Waals surface area contributed by atoms with E-state index in [4.69, 9.17) is 18.9 Å². The fourth-order valence-electron chi connectivity index (χ4n) is 6.40. The molecule has 12 nitrogen and oxygen atoms in total. The van der Waals surface area contributed by atoms with Gasteiger partial charge in [-0.05, 0) is 89.9 Å². The fraction of sp³-hybridized carbons (Fsp3) is 0.627. The lowest BCUT2D eigenvalue weighted by Crippen LogP contribution is -2.60. The summed E-state index contributed by atoms with van der Waals surface area (Å²) in [5.41, 5.74) is 0. The van der Waals surface area contributed by atoms with Gasteiger partial charge in [0.2, 0.25) is 0 Å². The Morgan fingerprint density at radius 2 is 1.03 bits per heavy atom. The molecule has 1 aliphatic heterocycles. The highest BCUT2D eigenvalue weighted by Crippen LogP contribution is 2.26. The Morgan fingerprint density at radius 3 is 1.50 bits per heavy atom. The van der Waals surface area contributed by atoms with Crippen LogP contribution >= 0.6 is 0 Å². The molecule has 0 aromatic rings. The minimum absolute atomic E-state index is 0.00236. The Labute approximate surface area is 386 Å². The summed E-state index contributed by atoms with van der Waals surface area (Å²) >= 11 is 0. The van der Waals surface area contributed by atoms with Crippen molar-refractivity contribution < 1.29 is 56.2 Å². The van der Waals surface area contributed by atoms with Crippen molar-refractivity contribution in [1.82, 2.24) is 0 Å². The monoisotopic (exact) mass is 919 g/mol. The van der Waals surface area contributed by atoms with E-state index in [-0.39, 0.29) is 19.6 Å². The first-order chi connectivity index (χ1) is 31.1. The SMILES string of the molecule is CC/C=C\C/C=C\C/C=C\C/C=C\C/C=C\CCCC(=O)OC(COCCCCCCCCC/C=C\C/C=C\C/C=C\C/C=C\CC)COC1OC(CO)C(O)C(OS(=O)(=O)O)C1O. The van der Waals surface area contributed by atoms with Crippen LogP contribution in [0.4, 0.5) is 0 Å². The molecule has 0 spiro atoms. The highest BCUT2D eigenvalue weighted by atomic mass is 32.3. The second-order valence-electron chi connectivity index (χ2n) is 15.6. The molecular formula is C51H82O12S. The zero-order valence-electron chi connectivity index (χ0n) is 38.8. The normalized spacial score (nSPS) is 20.8. The van der Waals surface area contributed by atoms with Crippen molar-refractivity contribution in [3.8, 4) is 0 Å². The van der Waals surface area contributed by atoms with Gasteiger partial charge in [-0.2, -0.15) is 8.42 Å². The lowest BCUT2D eigenvalue weighted by atomic mass is 9.99. The van der Waals surface area contributed by atoms with Crippen LogP contribution in [-0.2, 0) is 38.3 Å². The molecule has 0 aromatic carbocycles. The van der Waals surface area contributed by atoms with Crippen LogP contribution in [0.3, 0.4) is 0 Å². The summed E-state index contributed by atoms with van der Waals surface area (Å²) < 4.78 is 59.1. The minimum atomic E-state index is -5.08. The van der Waals surface area contributed by atoms with Crippen LogP contribution in [0.5, 0.6) is 0 Å². The third-order valence-electron chi connectivity index (χ3n) is 9.89. The third-order valence-corrected chi connectivity index (χ3v) is 10.4. The average Bonchev–Trinajstić information content (AvgIpc) is 3.27. The van der Waals surface area contributed by atoms with E-state index in [0.29, 0.717) is 19.4 Å². The van der Waals surface area contributed by atoms with Crippen molar-refractivity contribution in [3.05, 3.63) is 109 Å². The van der Waals surface area contributed by atoms with E-state index in [2.05, 4.69) is 121 Å². The molecular weight excluding hydrogens is 837 g/mol. The van der Waals surface area contributed by atoms with Gasteiger partial charge in [0.15, 0.2) is 6.29 Å². The second-order valence-corrected chi connectivity index (χ2v) is 16.6. The molecule has 1 saturated heterocycles. The van der Waals surface area contributed by atoms with Gasteiger partial charge in [-0.25, -0.2) is 4.18 Å². The van der Waals surface area contributed by atoms with Crippen LogP contribution in [0.1, 0.15) is 142 Å². The molecule has 1 rings (SSSR count). The Morgan fingerprint density at radius 1 is 0.594 bits per heavy atom. The minimum Gasteiger partial charge on any atom is -0.457 e. The van der Waals surface area contributed by atoms with Crippen LogP contribution in [0.2, 0.25) is 0 Å². The smallest absolute Gasteiger partial charge is 0.397 e. The van der Waals surface area contributed by atoms with Crippen molar-refractivity contribution in [1.29, 1.82) is 0 Å². The van der Waals surface area contributed by atoms with Gasteiger partial charge in [-0.15, -0.1) is 0 Å². The highest BCUT2D eigenvalue weighted by molar-refractivity contribution is 7.80. The quantitative estimate of drug-likeness (QED) is 0.0199. The van der Waals surface area contributed by atoms with Crippen LogP contribution in [0.25, 0.3) is 0 Å². The van der Waals surface area contributed by atoms with Crippen LogP contribution in [0, 0.1) is 0 Å². The Bertz CT molecular complexity index is 1530. The van der Waals surface area contributed by atoms with E-state index in [0.717, 1.165) is 89.9 Å². The summed E-state index contributed by atoms with van der Waals surface area (Å²) in [7, 11) is -5.08. The summed E-state index contributed by atoms with van der Waals surface area (Å²) in [6.45, 7) is 3.64. The third kappa shape index (κ3) is 34.2. The average molecular weight is 919 g/mol. The first kappa shape index (κ1) is 58.8. The topological polar surface area (TPSA) is 178 Å². The summed E-state index contributed by atoms with van der Waals surface area (Å²) in [6.07, 6.45) is 48.4. The molecule has 4 N–H and O–H groups in total. The van der Waals surface area contributed by atoms with Gasteiger partial charge in [-0.3, -0.25) is 9.35 Å². The summed E-state index contributed by atoms with van der Waals surface area (Å²) in [4.78, 5) is 12.8. The summed E-state index contributed by atoms with van der Waals surface area (Å²) in [5.74, 6) is -0.465. The maximum absolute atomic E-state index is 12.8. The molecule has 13 heteroatoms. The highest BCUT2D eigenvalue weighted by Gasteiger charge is 2.48. The van der Waals surface area contributed by atoms with Crippen LogP contribution in [0.15, 0.2) is 109 Å². The maximum Gasteiger partial charge on any atom is 0.397 e. The van der Waals surface area contributed by atoms with Crippen molar-refractivity contribution in [2.24, 2.45) is 0 Å². The van der Waals surface area contributed by atoms with E-state index < -0.39 is 59.8 Å². The van der Waals surface area contributed by atoms with E-state index in [9.17, 15) is 33.1 Å². The number of rotatable bonds is 39. The van der Waals surface area contributed by atoms with Gasteiger partial charge in [0, 0.05) is 13.0 Å². The van der Waals surface area contributed by atoms with Gasteiger partial charge in [0.1, 0.15) is 30.5 Å². The van der Waals surface area contributed by atoms with Crippen molar-refractivity contribution in [2.45, 2.75) is 179 Å². The van der Waals surface area contributed by atoms with E-state index in [1.165, 1.54) is 19.3 Å². The Hall–Kier alpha value is -3.24. The van der Waals surface area contributed by atoms with Crippen LogP contribution in [-0.4, -0.2) is 97.5 Å². The molecule has 364 valence electrons. The summed E-state index contributed by atoms with van der Waals surface area (Å²) in [6, 6.07) is 0. The van der Waals surface area contributed by atoms with E-state index >= 15 is 0 Å². The zero-order chi connectivity index (χ0) is 46.8. The molecule has 0 bridgehead atoms. The molecule has 6 unspecified atom stereocenters. The van der Waals surface area contributed by atoms with Gasteiger partial charge in [-0.1, -0.05) is 155 Å². The van der Waals surface area contributed by atoms with E-state index in [1.54, 1.807) is 0 Å². The van der Waals surface area contributed by atoms with E-state index in [1.807, 2.05) is 6.08 Å². The van der Waals surface area contributed by atoms with Crippen molar-refractivity contribution >= 4 is 16.4 Å². The molecule has 64 heavy (non-hydrogen) atoms. The molecule has 0 aromatic heterocycles. The number of aliphatic hydroxyl groups is 3. The number of aliphatic hydroxyl groups excluding tert-OH is 3. The number of hydrogen-bond donors (Lipinski definition) is 4. The maximum atomic E-state index is 12.8. The fourth-order valence-corrected chi connectivity index (χ4v) is 6.91. The second kappa shape index (κ2) is 41.2. The van der Waals surface area contributed by atoms with Crippen LogP contribution < -0.4 is 0 Å². The molecule has 0 aliphatic carbocycles. The number of hydrogen-bond acceptors (Lipinski definition) is 11. The largest absolute Gasteiger partial charge is 0.457 e. The molecule has 0 radical (unpaired) electrons. The lowest BCUT2D eigenvalue weighted by molar-refractivity contribution is -0.301. The molecule has 1 heterocycles. The first-order valence-electron chi connectivity index (χ1n) is 23.6. The Balaban J connectivity index is 2.46. The molecule has 1 fully saturated rings. The molecule has 0 saturated carbocycles. The number of esters is 1. The number of unbranched alkanes of at least 4 members (excludes halogenated alkanes) is 8. The van der Waals surface area contributed by atoms with Crippen molar-refractivity contribution in [3.63, 3.8) is 0 Å². The number of ether oxygens (including phenoxy) is 4. The molecule has 1 aliphatic rings. The van der Waals surface area contributed by atoms with Gasteiger partial charge in [0.25, 0.3) is 0 Å². The molecule has 0 amide bonds. The number of carbonyl (C=O) groups excluding carboxylic acids is 1. The predicted molar refractivity (Wildman–Crippen MR) is 257 cm³/mol. The number of allylic oxidation sites excluding steroid dienone is 18. The van der Waals surface area contributed by atoms with Gasteiger partial charge >= 0.3 is 16.4 Å². The predicted octanol–water partition coefficient (Wildman–Crippen LogP) is 10.4. The summed E-state index contributed by atoms with van der Waals surface area (Å²) in [5, 5.41) is 30.7. The standard InChI is InChI=1S/C51H82O12S/c1-3-5-7-9-11-13-15-17-19-21-22-23-25-27-29-31-33-35-37-39-41-59-43-45(44-60-51-49(55)50(63-64(56,57)58)48(54)46(42-52)62-51)61-47(53)40-38-36-34-32-30-28-26-24-20-18-16-14-12-10-8-6-4-2/h5-8,11-14,17-20,22-23,26,28,32,34,45-46,48-52,54-55H,3-4,9-10,15-16,21,24-25,27,29-31,33,35-44H2,1-2H3,(H,56,57,58)/b7-5-,8-6-,13-11-,14-12-,19-17-,20-18-,23-22-,28-26-,34-32-. The number of carbonyl (C=O) groups is 1. The van der Waals surface area contributed by atoms with Gasteiger partial charge < -0.3 is 34.3 Å². The molecule has 6 atom stereocenters. The van der Waals surface area contributed by atoms with Gasteiger partial charge in [0.05, 0.1) is 19.8 Å². The Kier molecular flexibility index (Phi) is 37.8. The van der Waals surface area contributed by atoms with Crippen molar-refractivity contribution in [2.75, 3.05) is 26.4 Å². The first-order valence-corrected chi connectivity index (χ1v) is 25.0. The zero-order valence-corrected chi connectivity index (χ0v) is 39.6.